The van der Waals surface area contributed by atoms with E-state index in [2.05, 4.69) is 11.8 Å². The number of rotatable bonds is 7. The third-order valence-corrected chi connectivity index (χ3v) is 5.31. The summed E-state index contributed by atoms with van der Waals surface area (Å²) in [5, 5.41) is 0. The van der Waals surface area contributed by atoms with Crippen LogP contribution in [0.1, 0.15) is 30.6 Å². The summed E-state index contributed by atoms with van der Waals surface area (Å²) in [7, 11) is 0. The first-order valence-corrected chi connectivity index (χ1v) is 9.94. The van der Waals surface area contributed by atoms with E-state index in [1.165, 1.54) is 0 Å². The molecule has 0 aliphatic carbocycles. The van der Waals surface area contributed by atoms with Gasteiger partial charge in [0.15, 0.2) is 0 Å². The average Bonchev–Trinajstić information content (AvgIpc) is 2.71. The molecular weight excluding hydrogens is 336 g/mol. The summed E-state index contributed by atoms with van der Waals surface area (Å²) in [6.45, 7) is 8.77. The van der Waals surface area contributed by atoms with Crippen molar-refractivity contribution in [3.8, 4) is 0 Å². The van der Waals surface area contributed by atoms with Gasteiger partial charge >= 0.3 is 0 Å². The van der Waals surface area contributed by atoms with E-state index < -0.39 is 0 Å². The van der Waals surface area contributed by atoms with Gasteiger partial charge in [0, 0.05) is 43.5 Å². The molecule has 0 aromatic heterocycles. The van der Waals surface area contributed by atoms with Gasteiger partial charge in [-0.05, 0) is 43.5 Å². The molecule has 1 saturated heterocycles. The van der Waals surface area contributed by atoms with E-state index in [1.54, 1.807) is 0 Å². The van der Waals surface area contributed by atoms with Gasteiger partial charge in [-0.15, -0.1) is 0 Å². The van der Waals surface area contributed by atoms with Crippen LogP contribution in [0.5, 0.6) is 0 Å². The topological polar surface area (TPSA) is 32.8 Å². The van der Waals surface area contributed by atoms with Crippen molar-refractivity contribution in [1.29, 1.82) is 0 Å². The maximum atomic E-state index is 13.4. The van der Waals surface area contributed by atoms with Crippen molar-refractivity contribution >= 4 is 11.6 Å². The molecule has 0 spiro atoms. The summed E-state index contributed by atoms with van der Waals surface area (Å²) in [4.78, 5) is 17.8. The number of piperidine rings is 1. The van der Waals surface area contributed by atoms with E-state index in [0.29, 0.717) is 5.92 Å². The molecule has 3 rings (SSSR count). The second-order valence-corrected chi connectivity index (χ2v) is 7.21. The first-order valence-electron chi connectivity index (χ1n) is 9.94. The van der Waals surface area contributed by atoms with Gasteiger partial charge in [0.05, 0.1) is 6.61 Å². The van der Waals surface area contributed by atoms with Crippen molar-refractivity contribution in [2.45, 2.75) is 26.3 Å². The summed E-state index contributed by atoms with van der Waals surface area (Å²) in [6.07, 6.45) is 0.973. The minimum absolute atomic E-state index is 0.0846. The zero-order valence-electron chi connectivity index (χ0n) is 16.4. The Kier molecular flexibility index (Phi) is 7.02. The highest BCUT2D eigenvalue weighted by Gasteiger charge is 2.34. The van der Waals surface area contributed by atoms with E-state index in [1.807, 2.05) is 72.5 Å². The summed E-state index contributed by atoms with van der Waals surface area (Å²) in [5.41, 5.74) is 1.72. The lowest BCUT2D eigenvalue weighted by Gasteiger charge is -2.42. The smallest absolute Gasteiger partial charge is 0.258 e. The number of anilines is 1. The van der Waals surface area contributed by atoms with Gasteiger partial charge in [-0.25, -0.2) is 0 Å². The SMILES string of the molecule is CCOCCN1CC[C@H](N(C(=O)c2ccccc2)c2ccccc2)[C@H](C)C1. The van der Waals surface area contributed by atoms with E-state index >= 15 is 0 Å². The van der Waals surface area contributed by atoms with Gasteiger partial charge < -0.3 is 14.5 Å². The Morgan fingerprint density at radius 3 is 2.41 bits per heavy atom. The molecule has 2 aromatic rings. The molecule has 1 aliphatic heterocycles. The van der Waals surface area contributed by atoms with E-state index in [0.717, 1.165) is 50.5 Å². The number of hydrogen-bond acceptors (Lipinski definition) is 3. The fraction of sp³-hybridized carbons (Fsp3) is 0.435. The number of carbonyl (C=O) groups is 1. The number of hydrogen-bond donors (Lipinski definition) is 0. The zero-order chi connectivity index (χ0) is 19.1. The molecule has 1 fully saturated rings. The van der Waals surface area contributed by atoms with Crippen LogP contribution < -0.4 is 4.90 Å². The maximum Gasteiger partial charge on any atom is 0.258 e. The molecule has 4 nitrogen and oxygen atoms in total. The van der Waals surface area contributed by atoms with Crippen LogP contribution >= 0.6 is 0 Å². The van der Waals surface area contributed by atoms with Crippen molar-refractivity contribution in [1.82, 2.24) is 4.90 Å². The molecular formula is C23H30N2O2. The van der Waals surface area contributed by atoms with Gasteiger partial charge in [-0.2, -0.15) is 0 Å². The molecule has 0 bridgehead atoms. The Labute approximate surface area is 162 Å². The summed E-state index contributed by atoms with van der Waals surface area (Å²) in [5.74, 6) is 0.481. The molecule has 2 aromatic carbocycles. The molecule has 0 unspecified atom stereocenters. The number of amides is 1. The molecule has 27 heavy (non-hydrogen) atoms. The molecule has 0 N–H and O–H groups in total. The molecule has 4 heteroatoms. The Morgan fingerprint density at radius 1 is 1.11 bits per heavy atom. The number of ether oxygens (including phenoxy) is 1. The third-order valence-electron chi connectivity index (χ3n) is 5.31. The third kappa shape index (κ3) is 4.96. The van der Waals surface area contributed by atoms with Crippen LogP contribution in [0.3, 0.4) is 0 Å². The van der Waals surface area contributed by atoms with Crippen molar-refractivity contribution in [3.05, 3.63) is 66.2 Å². The van der Waals surface area contributed by atoms with Gasteiger partial charge in [0.2, 0.25) is 0 Å². The van der Waals surface area contributed by atoms with E-state index in [4.69, 9.17) is 4.74 Å². The summed E-state index contributed by atoms with van der Waals surface area (Å²) in [6, 6.07) is 19.9. The lowest BCUT2D eigenvalue weighted by atomic mass is 9.91. The Bertz CT molecular complexity index is 705. The Hall–Kier alpha value is -2.17. The van der Waals surface area contributed by atoms with Gasteiger partial charge in [-0.3, -0.25) is 4.79 Å². The monoisotopic (exact) mass is 366 g/mol. The first kappa shape index (κ1) is 19.6. The van der Waals surface area contributed by atoms with Crippen LogP contribution in [-0.4, -0.2) is 49.7 Å². The molecule has 144 valence electrons. The normalized spacial score (nSPS) is 20.4. The molecule has 1 amide bonds. The van der Waals surface area contributed by atoms with Gasteiger partial charge in [-0.1, -0.05) is 43.3 Å². The number of carbonyl (C=O) groups excluding carboxylic acids is 1. The molecule has 1 heterocycles. The van der Waals surface area contributed by atoms with E-state index in [-0.39, 0.29) is 11.9 Å². The van der Waals surface area contributed by atoms with Crippen LogP contribution in [0, 0.1) is 5.92 Å². The maximum absolute atomic E-state index is 13.4. The minimum Gasteiger partial charge on any atom is -0.380 e. The minimum atomic E-state index is 0.0846. The van der Waals surface area contributed by atoms with Gasteiger partial charge in [0.1, 0.15) is 0 Å². The highest BCUT2D eigenvalue weighted by molar-refractivity contribution is 6.06. The number of nitrogens with zero attached hydrogens (tertiary/aromatic N) is 2. The standard InChI is InChI=1S/C23H30N2O2/c1-3-27-17-16-24-15-14-22(19(2)18-24)25(21-12-8-5-9-13-21)23(26)20-10-6-4-7-11-20/h4-13,19,22H,3,14-18H2,1-2H3/t19-,22+/m1/s1. The zero-order valence-corrected chi connectivity index (χ0v) is 16.4. The number of benzene rings is 2. The van der Waals surface area contributed by atoms with Crippen molar-refractivity contribution < 1.29 is 9.53 Å². The molecule has 0 radical (unpaired) electrons. The summed E-state index contributed by atoms with van der Waals surface area (Å²) >= 11 is 0. The van der Waals surface area contributed by atoms with Crippen LogP contribution in [0.2, 0.25) is 0 Å². The predicted molar refractivity (Wildman–Crippen MR) is 110 cm³/mol. The second kappa shape index (κ2) is 9.67. The van der Waals surface area contributed by atoms with Crippen LogP contribution in [0.4, 0.5) is 5.69 Å². The number of likely N-dealkylation sites (tertiary alicyclic amines) is 1. The van der Waals surface area contributed by atoms with Crippen LogP contribution in [-0.2, 0) is 4.74 Å². The second-order valence-electron chi connectivity index (χ2n) is 7.21. The Balaban J connectivity index is 1.79. The van der Waals surface area contributed by atoms with Crippen molar-refractivity contribution in [3.63, 3.8) is 0 Å². The van der Waals surface area contributed by atoms with Crippen LogP contribution in [0.25, 0.3) is 0 Å². The number of para-hydroxylation sites is 1. The van der Waals surface area contributed by atoms with Crippen LogP contribution in [0.15, 0.2) is 60.7 Å². The van der Waals surface area contributed by atoms with Crippen molar-refractivity contribution in [2.75, 3.05) is 37.7 Å². The highest BCUT2D eigenvalue weighted by Crippen LogP contribution is 2.29. The summed E-state index contributed by atoms with van der Waals surface area (Å²) < 4.78 is 5.50. The van der Waals surface area contributed by atoms with Crippen molar-refractivity contribution in [2.24, 2.45) is 5.92 Å². The predicted octanol–water partition coefficient (Wildman–Crippen LogP) is 4.08. The highest BCUT2D eigenvalue weighted by atomic mass is 16.5. The fourth-order valence-electron chi connectivity index (χ4n) is 3.91. The molecule has 2 atom stereocenters. The molecule has 0 saturated carbocycles. The quantitative estimate of drug-likeness (QED) is 0.692. The molecule has 1 aliphatic rings. The first-order chi connectivity index (χ1) is 13.2. The lowest BCUT2D eigenvalue weighted by molar-refractivity contribution is 0.0812. The Morgan fingerprint density at radius 2 is 1.78 bits per heavy atom. The lowest BCUT2D eigenvalue weighted by Crippen LogP contribution is -2.53. The fourth-order valence-corrected chi connectivity index (χ4v) is 3.91. The average molecular weight is 367 g/mol. The largest absolute Gasteiger partial charge is 0.380 e. The van der Waals surface area contributed by atoms with E-state index in [9.17, 15) is 4.79 Å². The van der Waals surface area contributed by atoms with Gasteiger partial charge in [0.25, 0.3) is 5.91 Å².